The number of nitrogens with one attached hydrogen (secondary N) is 1. The number of benzene rings is 2. The summed E-state index contributed by atoms with van der Waals surface area (Å²) in [6.07, 6.45) is -11.3. The van der Waals surface area contributed by atoms with Crippen molar-refractivity contribution in [2.45, 2.75) is 62.5 Å². The number of thioether (sulfide) groups is 1. The van der Waals surface area contributed by atoms with Crippen LogP contribution in [0.4, 0.5) is 36.8 Å². The minimum Gasteiger partial charge on any atom is -0.444 e. The number of fused-ring (bicyclic) bond motifs is 1. The number of sulfone groups is 1. The van der Waals surface area contributed by atoms with Crippen molar-refractivity contribution in [2.24, 2.45) is 4.99 Å². The average molecular weight is 652 g/mol. The summed E-state index contributed by atoms with van der Waals surface area (Å²) in [4.78, 5) is 31.0. The number of anilines is 1. The average Bonchev–Trinajstić information content (AvgIpc) is 3.32. The van der Waals surface area contributed by atoms with E-state index in [0.29, 0.717) is 17.7 Å². The molecule has 2 aromatic rings. The Morgan fingerprint density at radius 1 is 1.00 bits per heavy atom. The summed E-state index contributed by atoms with van der Waals surface area (Å²) < 4.78 is 112. The Balaban J connectivity index is 1.78. The molecule has 43 heavy (non-hydrogen) atoms. The molecular weight excluding hydrogens is 624 g/mol. The Bertz CT molecular complexity index is 1490. The highest BCUT2D eigenvalue weighted by molar-refractivity contribution is 8.16. The third-order valence-electron chi connectivity index (χ3n) is 6.39. The molecule has 0 aromatic heterocycles. The fourth-order valence-electron chi connectivity index (χ4n) is 4.62. The minimum atomic E-state index is -5.16. The number of alkyl halides is 6. The van der Waals surface area contributed by atoms with Crippen molar-refractivity contribution in [1.82, 2.24) is 5.32 Å². The molecular formula is C27H27F6N3O5S2. The Morgan fingerprint density at radius 3 is 2.12 bits per heavy atom. The van der Waals surface area contributed by atoms with E-state index in [0.717, 1.165) is 16.7 Å². The Morgan fingerprint density at radius 2 is 1.58 bits per heavy atom. The fraction of sp³-hybridized carbons (Fsp3) is 0.444. The fourth-order valence-corrected chi connectivity index (χ4v) is 8.54. The number of hydrogen-bond donors (Lipinski definition) is 1. The number of aliphatic imine (C=N–C) groups is 1. The summed E-state index contributed by atoms with van der Waals surface area (Å²) in [5.41, 5.74) is -4.14. The molecule has 2 saturated heterocycles. The zero-order chi connectivity index (χ0) is 32.0. The van der Waals surface area contributed by atoms with E-state index in [1.54, 1.807) is 51.1 Å². The van der Waals surface area contributed by atoms with Gasteiger partial charge in [-0.2, -0.15) is 31.3 Å². The van der Waals surface area contributed by atoms with Crippen molar-refractivity contribution in [3.05, 3.63) is 65.2 Å². The summed E-state index contributed by atoms with van der Waals surface area (Å²) in [6.45, 7) is 4.81. The zero-order valence-corrected chi connectivity index (χ0v) is 24.6. The lowest BCUT2D eigenvalue weighted by Gasteiger charge is -2.27. The first-order chi connectivity index (χ1) is 19.7. The van der Waals surface area contributed by atoms with Crippen LogP contribution in [0.3, 0.4) is 0 Å². The standard InChI is InChI=1S/C27H27F6N3O5S2/c1-25(2,3)41-24(38)34-19(9-15-7-5-4-6-8-15)22(37)35-23-36(20-13-43(39,40)14-21(20)42-23)18-11-16(26(28,29)30)10-17(12-18)27(31,32)33/h4-8,10-12,19-21H,9,13-14H2,1-3H3,(H,34,38)/t19-,20-,21-/m0/s1. The SMILES string of the molecule is CC(C)(C)OC(=O)N[C@@H](Cc1ccccc1)C(=O)N=C1S[C@H]2CS(=O)(=O)C[C@@H]2N1c1cc(C(F)(F)F)cc(C(F)(F)F)c1. The van der Waals surface area contributed by atoms with Crippen molar-refractivity contribution >= 4 is 44.5 Å². The molecule has 0 unspecified atom stereocenters. The van der Waals surface area contributed by atoms with Crippen LogP contribution in [0.5, 0.6) is 0 Å². The summed E-state index contributed by atoms with van der Waals surface area (Å²) in [6, 6.07) is 6.93. The maximum absolute atomic E-state index is 13.6. The molecule has 3 atom stereocenters. The molecule has 0 spiro atoms. The van der Waals surface area contributed by atoms with Gasteiger partial charge in [-0.1, -0.05) is 42.1 Å². The number of amidine groups is 1. The molecule has 2 fully saturated rings. The van der Waals surface area contributed by atoms with Gasteiger partial charge in [0.15, 0.2) is 15.0 Å². The maximum atomic E-state index is 13.6. The number of halogens is 6. The van der Waals surface area contributed by atoms with Gasteiger partial charge in [0.05, 0.1) is 28.7 Å². The first kappa shape index (κ1) is 32.6. The molecule has 2 aromatic carbocycles. The van der Waals surface area contributed by atoms with Gasteiger partial charge >= 0.3 is 18.4 Å². The second-order valence-corrected chi connectivity index (χ2v) is 14.4. The van der Waals surface area contributed by atoms with Crippen molar-refractivity contribution in [3.8, 4) is 0 Å². The third-order valence-corrected chi connectivity index (χ3v) is 9.60. The van der Waals surface area contributed by atoms with E-state index < -0.39 is 85.4 Å². The van der Waals surface area contributed by atoms with E-state index in [-0.39, 0.29) is 17.7 Å². The largest absolute Gasteiger partial charge is 0.444 e. The van der Waals surface area contributed by atoms with Crippen molar-refractivity contribution in [2.75, 3.05) is 16.4 Å². The lowest BCUT2D eigenvalue weighted by molar-refractivity contribution is -0.143. The zero-order valence-electron chi connectivity index (χ0n) is 23.0. The van der Waals surface area contributed by atoms with Crippen LogP contribution in [0, 0.1) is 0 Å². The van der Waals surface area contributed by atoms with Crippen LogP contribution in [-0.2, 0) is 38.1 Å². The molecule has 0 aliphatic carbocycles. The smallest absolute Gasteiger partial charge is 0.416 e. The van der Waals surface area contributed by atoms with Crippen molar-refractivity contribution in [1.29, 1.82) is 0 Å². The first-order valence-corrected chi connectivity index (χ1v) is 15.5. The van der Waals surface area contributed by atoms with Crippen LogP contribution in [0.15, 0.2) is 53.5 Å². The van der Waals surface area contributed by atoms with E-state index in [2.05, 4.69) is 10.3 Å². The van der Waals surface area contributed by atoms with Gasteiger partial charge in [0.2, 0.25) is 0 Å². The molecule has 234 valence electrons. The highest BCUT2D eigenvalue weighted by atomic mass is 32.2. The summed E-state index contributed by atoms with van der Waals surface area (Å²) in [5.74, 6) is -1.95. The summed E-state index contributed by atoms with van der Waals surface area (Å²) in [5, 5.41) is 1.33. The van der Waals surface area contributed by atoms with Gasteiger partial charge in [0.25, 0.3) is 5.91 Å². The second kappa shape index (κ2) is 11.7. The monoisotopic (exact) mass is 651 g/mol. The molecule has 2 amide bonds. The summed E-state index contributed by atoms with van der Waals surface area (Å²) >= 11 is 0.764. The Kier molecular flexibility index (Phi) is 8.86. The van der Waals surface area contributed by atoms with Gasteiger partial charge in [-0.25, -0.2) is 13.2 Å². The molecule has 1 N–H and O–H groups in total. The molecule has 0 bridgehead atoms. The minimum absolute atomic E-state index is 0.0435. The number of ether oxygens (including phenoxy) is 1. The van der Waals surface area contributed by atoms with Crippen LogP contribution in [0.25, 0.3) is 0 Å². The van der Waals surface area contributed by atoms with E-state index in [1.165, 1.54) is 0 Å². The molecule has 16 heteroatoms. The van der Waals surface area contributed by atoms with E-state index in [4.69, 9.17) is 4.74 Å². The number of carbonyl (C=O) groups excluding carboxylic acids is 2. The number of carbonyl (C=O) groups is 2. The number of alkyl carbamates (subject to hydrolysis) is 1. The van der Waals surface area contributed by atoms with Gasteiger partial charge in [0, 0.05) is 17.4 Å². The van der Waals surface area contributed by atoms with Gasteiger partial charge in [-0.05, 0) is 44.5 Å². The van der Waals surface area contributed by atoms with E-state index >= 15 is 0 Å². The predicted molar refractivity (Wildman–Crippen MR) is 148 cm³/mol. The van der Waals surface area contributed by atoms with Crippen LogP contribution in [0.2, 0.25) is 0 Å². The van der Waals surface area contributed by atoms with Crippen molar-refractivity contribution < 1.29 is 49.1 Å². The van der Waals surface area contributed by atoms with Gasteiger partial charge in [-0.15, -0.1) is 0 Å². The van der Waals surface area contributed by atoms with E-state index in [9.17, 15) is 44.3 Å². The molecule has 4 rings (SSSR count). The number of amides is 2. The topological polar surface area (TPSA) is 105 Å². The highest BCUT2D eigenvalue weighted by Gasteiger charge is 2.50. The second-order valence-electron chi connectivity index (χ2n) is 11.1. The Hall–Kier alpha value is -3.27. The molecule has 0 radical (unpaired) electrons. The normalized spacial score (nSPS) is 21.9. The lowest BCUT2D eigenvalue weighted by atomic mass is 10.1. The number of nitrogens with zero attached hydrogens (tertiary/aromatic N) is 2. The molecule has 8 nitrogen and oxygen atoms in total. The van der Waals surface area contributed by atoms with Gasteiger partial charge < -0.3 is 15.0 Å². The maximum Gasteiger partial charge on any atom is 0.416 e. The lowest BCUT2D eigenvalue weighted by Crippen LogP contribution is -2.45. The van der Waals surface area contributed by atoms with Crippen LogP contribution < -0.4 is 10.2 Å². The molecule has 2 heterocycles. The predicted octanol–water partition coefficient (Wildman–Crippen LogP) is 5.46. The highest BCUT2D eigenvalue weighted by Crippen LogP contribution is 2.44. The van der Waals surface area contributed by atoms with Crippen LogP contribution >= 0.6 is 11.8 Å². The number of hydrogen-bond acceptors (Lipinski definition) is 6. The van der Waals surface area contributed by atoms with Crippen LogP contribution in [0.1, 0.15) is 37.5 Å². The quantitative estimate of drug-likeness (QED) is 0.428. The molecule has 2 aliphatic rings. The van der Waals surface area contributed by atoms with E-state index in [1.807, 2.05) is 0 Å². The van der Waals surface area contributed by atoms with Gasteiger partial charge in [-0.3, -0.25) is 4.79 Å². The van der Waals surface area contributed by atoms with Gasteiger partial charge in [0.1, 0.15) is 11.6 Å². The Labute approximate surface area is 247 Å². The first-order valence-electron chi connectivity index (χ1n) is 12.8. The molecule has 2 aliphatic heterocycles. The van der Waals surface area contributed by atoms with Crippen LogP contribution in [-0.4, -0.2) is 60.0 Å². The van der Waals surface area contributed by atoms with Crippen molar-refractivity contribution in [3.63, 3.8) is 0 Å². The molecule has 0 saturated carbocycles. The summed E-state index contributed by atoms with van der Waals surface area (Å²) in [7, 11) is -3.69. The number of rotatable bonds is 5. The third kappa shape index (κ3) is 8.22.